The Labute approximate surface area is 73.6 Å². The van der Waals surface area contributed by atoms with Crippen LogP contribution in [0.2, 0.25) is 0 Å². The molecule has 2 nitrogen and oxygen atoms in total. The van der Waals surface area contributed by atoms with Crippen LogP contribution in [0.5, 0.6) is 0 Å². The number of carboxylic acids is 1. The van der Waals surface area contributed by atoms with Gasteiger partial charge in [0.05, 0.1) is 0 Å². The highest BCUT2D eigenvalue weighted by Gasteiger charge is 1.99. The van der Waals surface area contributed by atoms with Crippen molar-refractivity contribution in [2.45, 2.75) is 26.7 Å². The Morgan fingerprint density at radius 2 is 2.25 bits per heavy atom. The molecule has 0 radical (unpaired) electrons. The third-order valence-corrected chi connectivity index (χ3v) is 1.81. The fourth-order valence-electron chi connectivity index (χ4n) is 0.768. The van der Waals surface area contributed by atoms with Crippen molar-refractivity contribution in [1.82, 2.24) is 0 Å². The predicted molar refractivity (Wildman–Crippen MR) is 50.0 cm³/mol. The number of carbonyl (C=O) groups is 1. The van der Waals surface area contributed by atoms with E-state index in [-0.39, 0.29) is 0 Å². The molecule has 0 saturated carbocycles. The summed E-state index contributed by atoms with van der Waals surface area (Å²) in [7, 11) is 0. The van der Waals surface area contributed by atoms with E-state index in [2.05, 4.69) is 13.5 Å². The van der Waals surface area contributed by atoms with Crippen molar-refractivity contribution in [1.29, 1.82) is 0 Å². The summed E-state index contributed by atoms with van der Waals surface area (Å²) in [5, 5.41) is 8.52. The Balaban J connectivity index is 3.74. The van der Waals surface area contributed by atoms with E-state index in [0.29, 0.717) is 11.5 Å². The minimum atomic E-state index is -0.832. The van der Waals surface area contributed by atoms with Crippen molar-refractivity contribution in [3.63, 3.8) is 0 Å². The minimum Gasteiger partial charge on any atom is -0.478 e. The van der Waals surface area contributed by atoms with Crippen LogP contribution in [0.15, 0.2) is 24.3 Å². The molecular weight excluding hydrogens is 152 g/mol. The Morgan fingerprint density at radius 3 is 2.67 bits per heavy atom. The number of hydrogen-bond donors (Lipinski definition) is 1. The van der Waals surface area contributed by atoms with Crippen molar-refractivity contribution in [2.75, 3.05) is 0 Å². The van der Waals surface area contributed by atoms with E-state index in [9.17, 15) is 4.79 Å². The first-order valence-electron chi connectivity index (χ1n) is 4.10. The van der Waals surface area contributed by atoms with Gasteiger partial charge in [-0.3, -0.25) is 0 Å². The van der Waals surface area contributed by atoms with E-state index in [1.807, 2.05) is 6.08 Å². The number of aliphatic carboxylic acids is 1. The summed E-state index contributed by atoms with van der Waals surface area (Å²) >= 11 is 0. The molecule has 0 saturated heterocycles. The summed E-state index contributed by atoms with van der Waals surface area (Å²) in [6, 6.07) is 0. The maximum Gasteiger partial charge on any atom is 0.330 e. The molecule has 0 aromatic carbocycles. The van der Waals surface area contributed by atoms with Gasteiger partial charge in [0.25, 0.3) is 0 Å². The number of rotatable bonds is 5. The van der Waals surface area contributed by atoms with Gasteiger partial charge in [0.15, 0.2) is 0 Å². The second-order valence-electron chi connectivity index (χ2n) is 2.98. The minimum absolute atomic E-state index is 0.422. The lowest BCUT2D eigenvalue weighted by molar-refractivity contribution is -0.132. The van der Waals surface area contributed by atoms with Crippen molar-refractivity contribution >= 4 is 5.97 Å². The van der Waals surface area contributed by atoms with Crippen LogP contribution in [0, 0.1) is 5.92 Å². The largest absolute Gasteiger partial charge is 0.478 e. The van der Waals surface area contributed by atoms with Gasteiger partial charge >= 0.3 is 5.97 Å². The van der Waals surface area contributed by atoms with Gasteiger partial charge in [-0.15, -0.1) is 6.58 Å². The molecule has 0 aromatic heterocycles. The van der Waals surface area contributed by atoms with Crippen LogP contribution >= 0.6 is 0 Å². The lowest BCUT2D eigenvalue weighted by atomic mass is 10.1. The summed E-state index contributed by atoms with van der Waals surface area (Å²) in [6.45, 7) is 7.33. The fourth-order valence-corrected chi connectivity index (χ4v) is 0.768. The highest BCUT2D eigenvalue weighted by Crippen LogP contribution is 2.08. The van der Waals surface area contributed by atoms with E-state index in [1.165, 1.54) is 0 Å². The Kier molecular flexibility index (Phi) is 5.09. The van der Waals surface area contributed by atoms with Crippen LogP contribution in [-0.2, 0) is 4.79 Å². The molecule has 0 aliphatic rings. The monoisotopic (exact) mass is 168 g/mol. The van der Waals surface area contributed by atoms with Gasteiger partial charge in [0.2, 0.25) is 0 Å². The molecule has 0 aromatic rings. The van der Waals surface area contributed by atoms with Gasteiger partial charge in [0, 0.05) is 5.57 Å². The molecule has 0 bridgehead atoms. The molecular formula is C10H16O2. The van der Waals surface area contributed by atoms with Gasteiger partial charge in [0.1, 0.15) is 0 Å². The van der Waals surface area contributed by atoms with E-state index in [0.717, 1.165) is 12.8 Å². The normalized spacial score (nSPS) is 14.0. The summed E-state index contributed by atoms with van der Waals surface area (Å²) in [6.07, 6.45) is 5.41. The quantitative estimate of drug-likeness (QED) is 0.506. The fraction of sp³-hybridized carbons (Fsp3) is 0.500. The maximum absolute atomic E-state index is 10.4. The molecule has 12 heavy (non-hydrogen) atoms. The zero-order chi connectivity index (χ0) is 9.56. The Hall–Kier alpha value is -1.05. The van der Waals surface area contributed by atoms with Crippen molar-refractivity contribution in [3.05, 3.63) is 24.3 Å². The van der Waals surface area contributed by atoms with Crippen molar-refractivity contribution < 1.29 is 9.90 Å². The van der Waals surface area contributed by atoms with E-state index >= 15 is 0 Å². The molecule has 1 N–H and O–H groups in total. The standard InChI is InChI=1S/C10H16O2/c1-4-8(2)6-5-7-9(3)10(11)12/h4,7-8H,1,5-6H2,2-3H3,(H,11,12)/t8-/m1/s1. The average molecular weight is 168 g/mol. The highest BCUT2D eigenvalue weighted by atomic mass is 16.4. The second kappa shape index (κ2) is 5.58. The maximum atomic E-state index is 10.4. The third kappa shape index (κ3) is 4.72. The third-order valence-electron chi connectivity index (χ3n) is 1.81. The summed E-state index contributed by atoms with van der Waals surface area (Å²) in [4.78, 5) is 10.4. The second-order valence-corrected chi connectivity index (χ2v) is 2.98. The molecule has 0 rings (SSSR count). The lowest BCUT2D eigenvalue weighted by Gasteiger charge is -2.01. The summed E-state index contributed by atoms with van der Waals surface area (Å²) in [5.74, 6) is -0.371. The van der Waals surface area contributed by atoms with Gasteiger partial charge in [-0.05, 0) is 25.7 Å². The van der Waals surface area contributed by atoms with E-state index in [4.69, 9.17) is 5.11 Å². The van der Waals surface area contributed by atoms with Gasteiger partial charge < -0.3 is 5.11 Å². The Morgan fingerprint density at radius 1 is 1.67 bits per heavy atom. The van der Waals surface area contributed by atoms with Gasteiger partial charge in [-0.1, -0.05) is 19.1 Å². The van der Waals surface area contributed by atoms with Gasteiger partial charge in [-0.25, -0.2) is 4.79 Å². The first-order valence-corrected chi connectivity index (χ1v) is 4.10. The van der Waals surface area contributed by atoms with Gasteiger partial charge in [-0.2, -0.15) is 0 Å². The van der Waals surface area contributed by atoms with Crippen LogP contribution in [-0.4, -0.2) is 11.1 Å². The highest BCUT2D eigenvalue weighted by molar-refractivity contribution is 5.85. The average Bonchev–Trinajstić information content (AvgIpc) is 2.03. The first kappa shape index (κ1) is 11.0. The first-order chi connectivity index (χ1) is 5.57. The zero-order valence-electron chi connectivity index (χ0n) is 7.71. The summed E-state index contributed by atoms with van der Waals surface area (Å²) < 4.78 is 0. The molecule has 1 atom stereocenters. The molecule has 0 spiro atoms. The van der Waals surface area contributed by atoms with Crippen LogP contribution < -0.4 is 0 Å². The van der Waals surface area contributed by atoms with Crippen molar-refractivity contribution in [3.8, 4) is 0 Å². The smallest absolute Gasteiger partial charge is 0.330 e. The molecule has 0 aliphatic carbocycles. The molecule has 0 heterocycles. The Bertz CT molecular complexity index is 192. The zero-order valence-corrected chi connectivity index (χ0v) is 7.71. The molecule has 0 aliphatic heterocycles. The molecule has 2 heteroatoms. The van der Waals surface area contributed by atoms with Crippen LogP contribution in [0.4, 0.5) is 0 Å². The molecule has 68 valence electrons. The lowest BCUT2D eigenvalue weighted by Crippen LogP contribution is -1.96. The van der Waals surface area contributed by atoms with E-state index < -0.39 is 5.97 Å². The SMILES string of the molecule is C=C[C@@H](C)CCC=C(C)C(=O)O. The number of carboxylic acid groups (broad SMARTS) is 1. The number of hydrogen-bond acceptors (Lipinski definition) is 1. The molecule has 0 unspecified atom stereocenters. The summed E-state index contributed by atoms with van der Waals surface area (Å²) in [5.41, 5.74) is 0.422. The topological polar surface area (TPSA) is 37.3 Å². The van der Waals surface area contributed by atoms with Crippen molar-refractivity contribution in [2.24, 2.45) is 5.92 Å². The molecule has 0 amide bonds. The van der Waals surface area contributed by atoms with Crippen LogP contribution in [0.25, 0.3) is 0 Å². The molecule has 0 fully saturated rings. The van der Waals surface area contributed by atoms with Crippen LogP contribution in [0.1, 0.15) is 26.7 Å². The van der Waals surface area contributed by atoms with E-state index in [1.54, 1.807) is 13.0 Å². The number of allylic oxidation sites excluding steroid dienone is 2. The predicted octanol–water partition coefficient (Wildman–Crippen LogP) is 2.62. The van der Waals surface area contributed by atoms with Crippen LogP contribution in [0.3, 0.4) is 0 Å².